The monoisotopic (exact) mass is 401 g/mol. The number of nitriles is 1. The lowest BCUT2D eigenvalue weighted by Crippen LogP contribution is -2.33. The van der Waals surface area contributed by atoms with Crippen LogP contribution in [0.3, 0.4) is 0 Å². The van der Waals surface area contributed by atoms with Crippen molar-refractivity contribution < 1.29 is 4.79 Å². The van der Waals surface area contributed by atoms with Crippen molar-refractivity contribution in [3.63, 3.8) is 0 Å². The van der Waals surface area contributed by atoms with Crippen LogP contribution < -0.4 is 5.73 Å². The van der Waals surface area contributed by atoms with Crippen LogP contribution in [-0.2, 0) is 31.5 Å². The maximum atomic E-state index is 11.1. The highest BCUT2D eigenvalue weighted by molar-refractivity contribution is 7.71. The number of carbonyl (C=O) groups is 1. The molecule has 2 aromatic rings. The fourth-order valence-corrected chi connectivity index (χ4v) is 2.96. The van der Waals surface area contributed by atoms with Gasteiger partial charge in [0.05, 0.1) is 18.3 Å². The van der Waals surface area contributed by atoms with Crippen molar-refractivity contribution in [2.75, 3.05) is 27.2 Å². The summed E-state index contributed by atoms with van der Waals surface area (Å²) < 4.78 is 4.21. The topological polar surface area (TPSA) is 96.1 Å². The lowest BCUT2D eigenvalue weighted by atomic mass is 10.1. The summed E-state index contributed by atoms with van der Waals surface area (Å²) in [6.07, 6.45) is 0.713. The van der Waals surface area contributed by atoms with E-state index in [0.29, 0.717) is 30.0 Å². The van der Waals surface area contributed by atoms with E-state index in [1.807, 2.05) is 50.0 Å². The van der Waals surface area contributed by atoms with Gasteiger partial charge >= 0.3 is 0 Å². The van der Waals surface area contributed by atoms with Crippen molar-refractivity contribution in [2.24, 2.45) is 12.8 Å². The highest BCUT2D eigenvalue weighted by Gasteiger charge is 2.13. The Morgan fingerprint density at radius 2 is 1.96 bits per heavy atom. The molecule has 0 spiro atoms. The second-order valence-corrected chi connectivity index (χ2v) is 7.39. The van der Waals surface area contributed by atoms with Gasteiger partial charge in [0, 0.05) is 39.5 Å². The Labute approximate surface area is 170 Å². The third-order valence-corrected chi connectivity index (χ3v) is 4.90. The van der Waals surface area contributed by atoms with Crippen LogP contribution in [0.2, 0.25) is 0 Å². The molecule has 0 aliphatic carbocycles. The van der Waals surface area contributed by atoms with Gasteiger partial charge < -0.3 is 15.2 Å². The Morgan fingerprint density at radius 1 is 1.29 bits per heavy atom. The molecular formula is C19H27N7OS. The molecular weight excluding hydrogens is 374 g/mol. The summed E-state index contributed by atoms with van der Waals surface area (Å²) in [6, 6.07) is 9.73. The highest BCUT2D eigenvalue weighted by atomic mass is 32.1. The van der Waals surface area contributed by atoms with Crippen LogP contribution in [0.1, 0.15) is 23.4 Å². The maximum Gasteiger partial charge on any atom is 0.217 e. The third-order valence-electron chi connectivity index (χ3n) is 4.41. The van der Waals surface area contributed by atoms with Crippen LogP contribution in [0.5, 0.6) is 0 Å². The quantitative estimate of drug-likeness (QED) is 0.602. The zero-order valence-corrected chi connectivity index (χ0v) is 17.4. The van der Waals surface area contributed by atoms with Crippen LogP contribution >= 0.6 is 12.2 Å². The summed E-state index contributed by atoms with van der Waals surface area (Å²) in [5, 5.41) is 13.6. The molecule has 0 bridgehead atoms. The first-order chi connectivity index (χ1) is 13.3. The standard InChI is InChI=1S/C19H27N7OS/c1-23(2)10-11-25(13-16-6-4-15(12-20)5-7-16)14-26-19(28)24(3)18(22-26)9-8-17(21)27/h4-7H,8-11,13-14H2,1-3H3,(H2,21,27). The number of amides is 1. The molecule has 1 heterocycles. The van der Waals surface area contributed by atoms with E-state index in [-0.39, 0.29) is 12.3 Å². The minimum Gasteiger partial charge on any atom is -0.370 e. The second kappa shape index (κ2) is 10.1. The van der Waals surface area contributed by atoms with Crippen LogP contribution in [0.25, 0.3) is 0 Å². The zero-order valence-electron chi connectivity index (χ0n) is 16.6. The Kier molecular flexibility index (Phi) is 7.87. The van der Waals surface area contributed by atoms with Crippen LogP contribution in [0.4, 0.5) is 0 Å². The van der Waals surface area contributed by atoms with Crippen molar-refractivity contribution in [2.45, 2.75) is 26.1 Å². The molecule has 28 heavy (non-hydrogen) atoms. The number of hydrogen-bond donors (Lipinski definition) is 1. The number of likely N-dealkylation sites (N-methyl/N-ethyl adjacent to an activating group) is 1. The van der Waals surface area contributed by atoms with Crippen molar-refractivity contribution in [1.82, 2.24) is 24.1 Å². The van der Waals surface area contributed by atoms with E-state index in [2.05, 4.69) is 21.0 Å². The maximum absolute atomic E-state index is 11.1. The molecule has 0 aliphatic heterocycles. The molecule has 0 atom stereocenters. The molecule has 0 unspecified atom stereocenters. The lowest BCUT2D eigenvalue weighted by molar-refractivity contribution is -0.118. The highest BCUT2D eigenvalue weighted by Crippen LogP contribution is 2.10. The first-order valence-corrected chi connectivity index (χ1v) is 9.48. The minimum atomic E-state index is -0.353. The average Bonchev–Trinajstić information content (AvgIpc) is 2.92. The fraction of sp³-hybridized carbons (Fsp3) is 0.474. The van der Waals surface area contributed by atoms with Gasteiger partial charge in [-0.25, -0.2) is 4.68 Å². The smallest absolute Gasteiger partial charge is 0.217 e. The normalized spacial score (nSPS) is 11.1. The van der Waals surface area contributed by atoms with E-state index >= 15 is 0 Å². The van der Waals surface area contributed by atoms with E-state index in [4.69, 9.17) is 23.2 Å². The van der Waals surface area contributed by atoms with E-state index < -0.39 is 0 Å². The third kappa shape index (κ3) is 6.27. The molecule has 1 aromatic heterocycles. The molecule has 8 nitrogen and oxygen atoms in total. The molecule has 0 radical (unpaired) electrons. The van der Waals surface area contributed by atoms with Crippen molar-refractivity contribution in [1.29, 1.82) is 5.26 Å². The number of primary amides is 1. The van der Waals surface area contributed by atoms with Gasteiger partial charge in [0.2, 0.25) is 5.91 Å². The Balaban J connectivity index is 2.17. The van der Waals surface area contributed by atoms with Crippen LogP contribution in [-0.4, -0.2) is 57.2 Å². The van der Waals surface area contributed by atoms with Gasteiger partial charge in [0.15, 0.2) is 4.77 Å². The van der Waals surface area contributed by atoms with Gasteiger partial charge in [0.1, 0.15) is 5.82 Å². The molecule has 0 saturated carbocycles. The average molecular weight is 402 g/mol. The number of benzene rings is 1. The van der Waals surface area contributed by atoms with E-state index in [9.17, 15) is 4.79 Å². The zero-order chi connectivity index (χ0) is 20.7. The van der Waals surface area contributed by atoms with Gasteiger partial charge in [-0.15, -0.1) is 0 Å². The first-order valence-electron chi connectivity index (χ1n) is 9.07. The Morgan fingerprint density at radius 3 is 2.54 bits per heavy atom. The number of nitrogens with zero attached hydrogens (tertiary/aromatic N) is 6. The van der Waals surface area contributed by atoms with Gasteiger partial charge in [0.25, 0.3) is 0 Å². The molecule has 2 N–H and O–H groups in total. The summed E-state index contributed by atoms with van der Waals surface area (Å²) in [4.78, 5) is 15.4. The summed E-state index contributed by atoms with van der Waals surface area (Å²) in [5.41, 5.74) is 7.02. The van der Waals surface area contributed by atoms with E-state index in [1.54, 1.807) is 4.68 Å². The first kappa shape index (κ1) is 21.8. The van der Waals surface area contributed by atoms with Crippen molar-refractivity contribution >= 4 is 18.1 Å². The van der Waals surface area contributed by atoms with Crippen molar-refractivity contribution in [3.8, 4) is 6.07 Å². The predicted molar refractivity (Wildman–Crippen MR) is 110 cm³/mol. The Bertz CT molecular complexity index is 892. The van der Waals surface area contributed by atoms with Gasteiger partial charge in [-0.2, -0.15) is 10.4 Å². The number of nitrogens with two attached hydrogens (primary N) is 1. The van der Waals surface area contributed by atoms with Crippen LogP contribution in [0, 0.1) is 16.1 Å². The van der Waals surface area contributed by atoms with Gasteiger partial charge in [-0.05, 0) is 44.0 Å². The largest absolute Gasteiger partial charge is 0.370 e. The summed E-state index contributed by atoms with van der Waals surface area (Å²) in [5.74, 6) is 0.392. The lowest BCUT2D eigenvalue weighted by Gasteiger charge is -2.24. The van der Waals surface area contributed by atoms with E-state index in [0.717, 1.165) is 24.5 Å². The molecule has 2 rings (SSSR count). The van der Waals surface area contributed by atoms with Crippen LogP contribution in [0.15, 0.2) is 24.3 Å². The molecule has 0 fully saturated rings. The number of aromatic nitrogens is 3. The van der Waals surface area contributed by atoms with Crippen molar-refractivity contribution in [3.05, 3.63) is 46.0 Å². The molecule has 150 valence electrons. The number of rotatable bonds is 10. The SMILES string of the molecule is CN(C)CCN(Cc1ccc(C#N)cc1)Cn1nc(CCC(N)=O)n(C)c1=S. The predicted octanol–water partition coefficient (Wildman–Crippen LogP) is 1.26. The summed E-state index contributed by atoms with van der Waals surface area (Å²) in [7, 11) is 5.93. The fourth-order valence-electron chi connectivity index (χ4n) is 2.75. The van der Waals surface area contributed by atoms with E-state index in [1.165, 1.54) is 0 Å². The molecule has 9 heteroatoms. The summed E-state index contributed by atoms with van der Waals surface area (Å²) >= 11 is 5.52. The second-order valence-electron chi connectivity index (χ2n) is 7.03. The molecule has 0 aliphatic rings. The molecule has 1 aromatic carbocycles. The molecule has 0 saturated heterocycles. The number of hydrogen-bond acceptors (Lipinski definition) is 6. The Hall–Kier alpha value is -2.54. The summed E-state index contributed by atoms with van der Waals surface area (Å²) in [6.45, 7) is 2.98. The number of carbonyl (C=O) groups excluding carboxylic acids is 1. The van der Waals surface area contributed by atoms with Gasteiger partial charge in [-0.3, -0.25) is 9.69 Å². The molecule has 1 amide bonds. The number of aryl methyl sites for hydroxylation is 1. The minimum absolute atomic E-state index is 0.245. The van der Waals surface area contributed by atoms with Gasteiger partial charge in [-0.1, -0.05) is 12.1 Å².